The average molecular weight is 377 g/mol. The quantitative estimate of drug-likeness (QED) is 0.772. The van der Waals surface area contributed by atoms with Gasteiger partial charge >= 0.3 is 6.03 Å². The molecule has 0 unspecified atom stereocenters. The first-order valence-corrected chi connectivity index (χ1v) is 9.03. The number of hydrogen-bond donors (Lipinski definition) is 1. The molecule has 25 heavy (non-hydrogen) atoms. The molecular weight excluding hydrogens is 359 g/mol. The molecule has 2 aromatic rings. The number of benzene rings is 2. The van der Waals surface area contributed by atoms with Gasteiger partial charge in [-0.25, -0.2) is 4.79 Å². The highest BCUT2D eigenvalue weighted by atomic mass is 35.5. The first-order valence-electron chi connectivity index (χ1n) is 8.28. The van der Waals surface area contributed by atoms with Gasteiger partial charge in [-0.3, -0.25) is 0 Å². The Hall–Kier alpha value is -1.91. The van der Waals surface area contributed by atoms with Crippen LogP contribution in [0.15, 0.2) is 36.4 Å². The van der Waals surface area contributed by atoms with E-state index in [4.69, 9.17) is 27.9 Å². The number of carbonyl (C=O) groups excluding carboxylic acids is 1. The second-order valence-electron chi connectivity index (χ2n) is 6.48. The van der Waals surface area contributed by atoms with Crippen LogP contribution in [0.1, 0.15) is 30.0 Å². The third kappa shape index (κ3) is 2.94. The summed E-state index contributed by atoms with van der Waals surface area (Å²) < 4.78 is 5.33. The molecule has 2 heterocycles. The fraction of sp³-hybridized carbons (Fsp3) is 0.316. The fourth-order valence-electron chi connectivity index (χ4n) is 3.92. The molecule has 0 aliphatic carbocycles. The van der Waals surface area contributed by atoms with Crippen LogP contribution in [-0.2, 0) is 6.42 Å². The van der Waals surface area contributed by atoms with Gasteiger partial charge in [0.2, 0.25) is 0 Å². The zero-order valence-electron chi connectivity index (χ0n) is 13.8. The van der Waals surface area contributed by atoms with Crippen molar-refractivity contribution in [3.8, 4) is 5.75 Å². The Bertz CT molecular complexity index is 840. The van der Waals surface area contributed by atoms with Crippen molar-refractivity contribution in [2.24, 2.45) is 0 Å². The van der Waals surface area contributed by atoms with Gasteiger partial charge in [0, 0.05) is 11.7 Å². The molecule has 0 saturated carbocycles. The van der Waals surface area contributed by atoms with E-state index in [1.165, 1.54) is 11.1 Å². The van der Waals surface area contributed by atoms with Gasteiger partial charge in [0.15, 0.2) is 0 Å². The number of amides is 2. The summed E-state index contributed by atoms with van der Waals surface area (Å²) in [6.45, 7) is 0. The number of halogens is 2. The second-order valence-corrected chi connectivity index (χ2v) is 7.30. The number of methoxy groups -OCH3 is 1. The Morgan fingerprint density at radius 2 is 2.00 bits per heavy atom. The van der Waals surface area contributed by atoms with Crippen LogP contribution >= 0.6 is 23.2 Å². The van der Waals surface area contributed by atoms with E-state index in [1.54, 1.807) is 25.3 Å². The molecule has 1 saturated heterocycles. The van der Waals surface area contributed by atoms with Crippen molar-refractivity contribution in [1.82, 2.24) is 4.90 Å². The van der Waals surface area contributed by atoms with Crippen molar-refractivity contribution in [3.05, 3.63) is 57.6 Å². The Morgan fingerprint density at radius 3 is 2.76 bits per heavy atom. The summed E-state index contributed by atoms with van der Waals surface area (Å²) >= 11 is 12.0. The van der Waals surface area contributed by atoms with E-state index in [-0.39, 0.29) is 18.1 Å². The highest BCUT2D eigenvalue weighted by Gasteiger charge is 2.42. The van der Waals surface area contributed by atoms with Crippen molar-refractivity contribution < 1.29 is 9.53 Å². The molecule has 2 aliphatic rings. The molecule has 2 amide bonds. The largest absolute Gasteiger partial charge is 0.497 e. The third-order valence-electron chi connectivity index (χ3n) is 5.07. The predicted molar refractivity (Wildman–Crippen MR) is 99.8 cm³/mol. The lowest BCUT2D eigenvalue weighted by Gasteiger charge is -2.36. The minimum Gasteiger partial charge on any atom is -0.497 e. The lowest BCUT2D eigenvalue weighted by atomic mass is 9.93. The average Bonchev–Trinajstić information content (AvgIpc) is 2.93. The second kappa shape index (κ2) is 6.43. The van der Waals surface area contributed by atoms with E-state index in [1.807, 2.05) is 11.0 Å². The normalized spacial score (nSPS) is 21.0. The number of ether oxygens (including phenoxy) is 1. The first-order chi connectivity index (χ1) is 12.1. The van der Waals surface area contributed by atoms with Crippen LogP contribution in [0.5, 0.6) is 5.75 Å². The molecule has 2 atom stereocenters. The van der Waals surface area contributed by atoms with Crippen LogP contribution in [-0.4, -0.2) is 24.1 Å². The van der Waals surface area contributed by atoms with Crippen LogP contribution in [0.3, 0.4) is 0 Å². The molecule has 6 heteroatoms. The molecule has 130 valence electrons. The number of carbonyl (C=O) groups is 1. The number of nitrogens with one attached hydrogen (secondary N) is 1. The van der Waals surface area contributed by atoms with Crippen molar-refractivity contribution >= 4 is 34.9 Å². The fourth-order valence-corrected chi connectivity index (χ4v) is 4.22. The summed E-state index contributed by atoms with van der Waals surface area (Å²) in [7, 11) is 1.68. The van der Waals surface area contributed by atoms with Gasteiger partial charge in [-0.2, -0.15) is 0 Å². The maximum absolute atomic E-state index is 12.9. The van der Waals surface area contributed by atoms with Crippen LogP contribution in [0.4, 0.5) is 10.5 Å². The minimum absolute atomic E-state index is 0.0904. The molecule has 1 N–H and O–H groups in total. The number of nitrogens with zero attached hydrogens (tertiary/aromatic N) is 1. The van der Waals surface area contributed by atoms with Crippen LogP contribution in [0.2, 0.25) is 10.0 Å². The predicted octanol–water partition coefficient (Wildman–Crippen LogP) is 5.30. The van der Waals surface area contributed by atoms with E-state index >= 15 is 0 Å². The summed E-state index contributed by atoms with van der Waals surface area (Å²) in [5.74, 6) is 0.867. The monoisotopic (exact) mass is 376 g/mol. The summed E-state index contributed by atoms with van der Waals surface area (Å²) in [6, 6.07) is 11.5. The van der Waals surface area contributed by atoms with Crippen molar-refractivity contribution in [3.63, 3.8) is 0 Å². The molecule has 4 rings (SSSR count). The van der Waals surface area contributed by atoms with E-state index < -0.39 is 0 Å². The van der Waals surface area contributed by atoms with Crippen molar-refractivity contribution in [2.45, 2.75) is 31.3 Å². The van der Waals surface area contributed by atoms with Crippen molar-refractivity contribution in [2.75, 3.05) is 12.4 Å². The maximum Gasteiger partial charge on any atom is 0.322 e. The van der Waals surface area contributed by atoms with Crippen LogP contribution in [0, 0.1) is 0 Å². The van der Waals surface area contributed by atoms with E-state index in [0.717, 1.165) is 25.0 Å². The number of fused-ring (bicyclic) bond motifs is 4. The number of hydrogen-bond acceptors (Lipinski definition) is 2. The zero-order valence-corrected chi connectivity index (χ0v) is 15.3. The molecule has 4 nitrogen and oxygen atoms in total. The lowest BCUT2D eigenvalue weighted by molar-refractivity contribution is 0.179. The molecule has 2 aromatic carbocycles. The number of anilines is 1. The molecular formula is C19H18Cl2N2O2. The van der Waals surface area contributed by atoms with E-state index in [2.05, 4.69) is 17.4 Å². The van der Waals surface area contributed by atoms with Gasteiger partial charge in [0.25, 0.3) is 0 Å². The van der Waals surface area contributed by atoms with E-state index in [0.29, 0.717) is 15.7 Å². The molecule has 2 aliphatic heterocycles. The van der Waals surface area contributed by atoms with Gasteiger partial charge in [-0.05, 0) is 60.7 Å². The lowest BCUT2D eigenvalue weighted by Crippen LogP contribution is -2.44. The first kappa shape index (κ1) is 16.6. The molecule has 2 bridgehead atoms. The number of rotatable bonds is 2. The molecule has 0 aromatic heterocycles. The van der Waals surface area contributed by atoms with Crippen molar-refractivity contribution in [1.29, 1.82) is 0 Å². The highest BCUT2D eigenvalue weighted by molar-refractivity contribution is 6.42. The van der Waals surface area contributed by atoms with Gasteiger partial charge in [0.1, 0.15) is 5.75 Å². The molecule has 0 spiro atoms. The topological polar surface area (TPSA) is 41.6 Å². The minimum atomic E-state index is -0.0904. The van der Waals surface area contributed by atoms with Gasteiger partial charge in [0.05, 0.1) is 23.2 Å². The Kier molecular flexibility index (Phi) is 4.26. The van der Waals surface area contributed by atoms with Crippen LogP contribution < -0.4 is 10.1 Å². The van der Waals surface area contributed by atoms with Gasteiger partial charge in [-0.1, -0.05) is 29.3 Å². The van der Waals surface area contributed by atoms with E-state index in [9.17, 15) is 4.79 Å². The summed E-state index contributed by atoms with van der Waals surface area (Å²) in [5, 5.41) is 3.86. The summed E-state index contributed by atoms with van der Waals surface area (Å²) in [4.78, 5) is 14.8. The molecule has 1 fully saturated rings. The summed E-state index contributed by atoms with van der Waals surface area (Å²) in [6.07, 6.45) is 2.85. The Morgan fingerprint density at radius 1 is 1.16 bits per heavy atom. The zero-order chi connectivity index (χ0) is 17.6. The highest BCUT2D eigenvalue weighted by Crippen LogP contribution is 2.44. The van der Waals surface area contributed by atoms with Crippen LogP contribution in [0.25, 0.3) is 0 Å². The van der Waals surface area contributed by atoms with Gasteiger partial charge < -0.3 is 15.0 Å². The Labute approximate surface area is 156 Å². The Balaban J connectivity index is 1.58. The number of urea groups is 1. The smallest absolute Gasteiger partial charge is 0.322 e. The summed E-state index contributed by atoms with van der Waals surface area (Å²) in [5.41, 5.74) is 3.16. The SMILES string of the molecule is COc1ccc2c(c1)C[C@H]1CC[C@@H]2N1C(=O)Nc1ccc(Cl)c(Cl)c1. The maximum atomic E-state index is 12.9. The molecule has 0 radical (unpaired) electrons. The third-order valence-corrected chi connectivity index (χ3v) is 5.81. The van der Waals surface area contributed by atoms with Gasteiger partial charge in [-0.15, -0.1) is 0 Å². The standard InChI is InChI=1S/C19H18Cl2N2O2/c1-25-14-4-5-15-11(9-14)8-13-3-7-18(15)23(13)19(24)22-12-2-6-16(20)17(21)10-12/h2,4-6,9-10,13,18H,3,7-8H2,1H3,(H,22,24)/t13-,18+/m1/s1.